The van der Waals surface area contributed by atoms with Gasteiger partial charge in [0.1, 0.15) is 0 Å². The third kappa shape index (κ3) is 2.82. The second-order valence-corrected chi connectivity index (χ2v) is 11.3. The van der Waals surface area contributed by atoms with E-state index in [1.54, 1.807) is 0 Å². The lowest BCUT2D eigenvalue weighted by atomic mass is 9.44. The summed E-state index contributed by atoms with van der Waals surface area (Å²) in [7, 11) is 0. The topological polar surface area (TPSA) is 46.5 Å². The third-order valence-electron chi connectivity index (χ3n) is 9.84. The number of hydrogen-bond donors (Lipinski definition) is 1. The molecule has 28 heavy (non-hydrogen) atoms. The maximum Gasteiger partial charge on any atom is 0.306 e. The van der Waals surface area contributed by atoms with Crippen molar-refractivity contribution in [2.24, 2.45) is 39.9 Å². The van der Waals surface area contributed by atoms with Gasteiger partial charge in [0, 0.05) is 11.8 Å². The number of allylic oxidation sites excluding steroid dienone is 1. The molecule has 0 aromatic heterocycles. The molecule has 3 heteroatoms. The summed E-state index contributed by atoms with van der Waals surface area (Å²) in [4.78, 5) is 12.2. The van der Waals surface area contributed by atoms with Crippen molar-refractivity contribution in [3.05, 3.63) is 11.6 Å². The van der Waals surface area contributed by atoms with Crippen molar-refractivity contribution in [2.75, 3.05) is 6.61 Å². The highest BCUT2D eigenvalue weighted by Gasteiger charge is 2.60. The molecular weight excluding hydrogens is 348 g/mol. The number of carbonyl (C=O) groups is 1. The Kier molecular flexibility index (Phi) is 5.01. The second-order valence-electron chi connectivity index (χ2n) is 11.3. The largest absolute Gasteiger partial charge is 0.466 e. The van der Waals surface area contributed by atoms with Crippen LogP contribution in [-0.2, 0) is 9.53 Å². The highest BCUT2D eigenvalue weighted by molar-refractivity contribution is 5.69. The van der Waals surface area contributed by atoms with Crippen molar-refractivity contribution in [3.8, 4) is 0 Å². The zero-order valence-corrected chi connectivity index (χ0v) is 18.6. The van der Waals surface area contributed by atoms with Crippen LogP contribution in [0.4, 0.5) is 0 Å². The van der Waals surface area contributed by atoms with Crippen LogP contribution in [0.1, 0.15) is 86.0 Å². The van der Waals surface area contributed by atoms with E-state index in [1.807, 2.05) is 6.92 Å². The molecule has 1 N–H and O–H groups in total. The van der Waals surface area contributed by atoms with Gasteiger partial charge in [0.2, 0.25) is 0 Å². The van der Waals surface area contributed by atoms with E-state index in [4.69, 9.17) is 4.74 Å². The lowest BCUT2D eigenvalue weighted by Gasteiger charge is -2.61. The molecule has 4 aliphatic rings. The van der Waals surface area contributed by atoms with E-state index in [1.165, 1.54) is 31.3 Å². The van der Waals surface area contributed by atoms with Crippen molar-refractivity contribution in [2.45, 2.75) is 92.1 Å². The van der Waals surface area contributed by atoms with Crippen LogP contribution in [0.25, 0.3) is 0 Å². The lowest BCUT2D eigenvalue weighted by Crippen LogP contribution is -2.54. The number of esters is 1. The number of aliphatic hydroxyl groups is 1. The number of hydrogen-bond acceptors (Lipinski definition) is 3. The zero-order chi connectivity index (χ0) is 20.3. The van der Waals surface area contributed by atoms with Crippen molar-refractivity contribution >= 4 is 5.97 Å². The molecule has 0 bridgehead atoms. The number of aliphatic hydroxyl groups excluding tert-OH is 1. The van der Waals surface area contributed by atoms with Gasteiger partial charge in [0.05, 0.1) is 12.7 Å². The van der Waals surface area contributed by atoms with E-state index >= 15 is 0 Å². The summed E-state index contributed by atoms with van der Waals surface area (Å²) in [5, 5.41) is 10.7. The van der Waals surface area contributed by atoms with Crippen LogP contribution in [-0.4, -0.2) is 23.8 Å². The molecule has 3 saturated carbocycles. The monoisotopic (exact) mass is 388 g/mol. The summed E-state index contributed by atoms with van der Waals surface area (Å²) in [5.74, 6) is 2.69. The highest BCUT2D eigenvalue weighted by Crippen LogP contribution is 2.68. The van der Waals surface area contributed by atoms with Gasteiger partial charge in [-0.3, -0.25) is 4.79 Å². The van der Waals surface area contributed by atoms with Crippen LogP contribution >= 0.6 is 0 Å². The first-order valence-electron chi connectivity index (χ1n) is 11.7. The van der Waals surface area contributed by atoms with E-state index in [2.05, 4.69) is 33.8 Å². The standard InChI is InChI=1S/C25H40O3/c1-6-28-22(27)15-16-7-9-18-17-8-10-20-23(2,3)21(26)12-14-25(20,5)19(17)11-13-24(16,18)4/h10,16-19,21,26H,6-9,11-15H2,1-5H3/t16-,17+,18+,19+,21?,24-,25-/m1/s1. The Labute approximate surface area is 171 Å². The van der Waals surface area contributed by atoms with Gasteiger partial charge >= 0.3 is 5.97 Å². The molecule has 0 amide bonds. The number of ether oxygens (including phenoxy) is 1. The first kappa shape index (κ1) is 20.4. The molecule has 7 atom stereocenters. The van der Waals surface area contributed by atoms with Crippen LogP contribution in [0.3, 0.4) is 0 Å². The summed E-state index contributed by atoms with van der Waals surface area (Å²) < 4.78 is 5.28. The molecule has 0 spiro atoms. The summed E-state index contributed by atoms with van der Waals surface area (Å²) in [5.41, 5.74) is 1.97. The molecular formula is C25H40O3. The average Bonchev–Trinajstić information content (AvgIpc) is 2.95. The van der Waals surface area contributed by atoms with E-state index < -0.39 is 0 Å². The van der Waals surface area contributed by atoms with E-state index in [0.717, 1.165) is 37.0 Å². The van der Waals surface area contributed by atoms with Crippen LogP contribution in [0.5, 0.6) is 0 Å². The second kappa shape index (κ2) is 6.86. The molecule has 4 rings (SSSR count). The Morgan fingerprint density at radius 3 is 2.57 bits per heavy atom. The average molecular weight is 389 g/mol. The predicted octanol–water partition coefficient (Wildman–Crippen LogP) is 5.52. The normalized spacial score (nSPS) is 46.8. The van der Waals surface area contributed by atoms with Gasteiger partial charge in [0.15, 0.2) is 0 Å². The van der Waals surface area contributed by atoms with Gasteiger partial charge < -0.3 is 9.84 Å². The molecule has 0 radical (unpaired) electrons. The summed E-state index contributed by atoms with van der Waals surface area (Å²) in [6, 6.07) is 0. The minimum atomic E-state index is -0.210. The SMILES string of the molecule is CCOC(=O)C[C@H]1CC[C@H]2[C@@H]3CC=C4C(C)(C)C(O)CC[C@]4(C)[C@H]3CC[C@]12C. The third-order valence-corrected chi connectivity index (χ3v) is 9.84. The fourth-order valence-electron chi connectivity index (χ4n) is 8.26. The van der Waals surface area contributed by atoms with Crippen molar-refractivity contribution in [1.29, 1.82) is 0 Å². The Morgan fingerprint density at radius 1 is 1.11 bits per heavy atom. The molecule has 0 heterocycles. The van der Waals surface area contributed by atoms with Crippen LogP contribution in [0.2, 0.25) is 0 Å². The smallest absolute Gasteiger partial charge is 0.306 e. The van der Waals surface area contributed by atoms with Crippen LogP contribution in [0.15, 0.2) is 11.6 Å². The maximum atomic E-state index is 12.2. The predicted molar refractivity (Wildman–Crippen MR) is 112 cm³/mol. The van der Waals surface area contributed by atoms with Crippen molar-refractivity contribution in [1.82, 2.24) is 0 Å². The van der Waals surface area contributed by atoms with Gasteiger partial charge in [-0.2, -0.15) is 0 Å². The van der Waals surface area contributed by atoms with Crippen LogP contribution < -0.4 is 0 Å². The molecule has 0 aliphatic heterocycles. The summed E-state index contributed by atoms with van der Waals surface area (Å²) >= 11 is 0. The van der Waals surface area contributed by atoms with Crippen LogP contribution in [0, 0.1) is 39.9 Å². The Bertz CT molecular complexity index is 665. The Morgan fingerprint density at radius 2 is 1.86 bits per heavy atom. The maximum absolute atomic E-state index is 12.2. The Hall–Kier alpha value is -0.830. The lowest BCUT2D eigenvalue weighted by molar-refractivity contribution is -0.146. The Balaban J connectivity index is 1.60. The molecule has 1 unspecified atom stereocenters. The summed E-state index contributed by atoms with van der Waals surface area (Å²) in [6.07, 6.45) is 11.1. The fraction of sp³-hybridized carbons (Fsp3) is 0.880. The molecule has 4 aliphatic carbocycles. The fourth-order valence-corrected chi connectivity index (χ4v) is 8.26. The van der Waals surface area contributed by atoms with Crippen molar-refractivity contribution in [3.63, 3.8) is 0 Å². The van der Waals surface area contributed by atoms with Gasteiger partial charge in [0.25, 0.3) is 0 Å². The number of fused-ring (bicyclic) bond motifs is 5. The van der Waals surface area contributed by atoms with Gasteiger partial charge in [-0.1, -0.05) is 39.3 Å². The number of carbonyl (C=O) groups excluding carboxylic acids is 1. The molecule has 3 fully saturated rings. The van der Waals surface area contributed by atoms with Gasteiger partial charge in [-0.25, -0.2) is 0 Å². The van der Waals surface area contributed by atoms with Crippen molar-refractivity contribution < 1.29 is 14.6 Å². The molecule has 0 aromatic rings. The van der Waals surface area contributed by atoms with E-state index in [0.29, 0.717) is 24.4 Å². The van der Waals surface area contributed by atoms with Gasteiger partial charge in [-0.05, 0) is 86.4 Å². The molecule has 0 saturated heterocycles. The molecule has 0 aromatic carbocycles. The quantitative estimate of drug-likeness (QED) is 0.512. The minimum Gasteiger partial charge on any atom is -0.466 e. The molecule has 3 nitrogen and oxygen atoms in total. The zero-order valence-electron chi connectivity index (χ0n) is 18.6. The van der Waals surface area contributed by atoms with Gasteiger partial charge in [-0.15, -0.1) is 0 Å². The first-order valence-corrected chi connectivity index (χ1v) is 11.7. The van der Waals surface area contributed by atoms with E-state index in [9.17, 15) is 9.90 Å². The molecule has 158 valence electrons. The minimum absolute atomic E-state index is 0.00250. The highest BCUT2D eigenvalue weighted by atomic mass is 16.5. The summed E-state index contributed by atoms with van der Waals surface area (Å²) in [6.45, 7) is 11.9. The number of rotatable bonds is 3. The van der Waals surface area contributed by atoms with E-state index in [-0.39, 0.29) is 22.9 Å². The first-order chi connectivity index (χ1) is 13.1.